The summed E-state index contributed by atoms with van der Waals surface area (Å²) in [5.41, 5.74) is 1.21. The van der Waals surface area contributed by atoms with E-state index in [1.54, 1.807) is 0 Å². The van der Waals surface area contributed by atoms with Crippen molar-refractivity contribution in [1.82, 2.24) is 10.3 Å². The Morgan fingerprint density at radius 2 is 2.15 bits per heavy atom. The molecule has 20 heavy (non-hydrogen) atoms. The molecule has 1 saturated carbocycles. The summed E-state index contributed by atoms with van der Waals surface area (Å²) in [6, 6.07) is 1.14. The third-order valence-electron chi connectivity index (χ3n) is 4.95. The molecule has 0 radical (unpaired) electrons. The molecular formula is C16H27N3S. The van der Waals surface area contributed by atoms with Crippen LogP contribution in [0.5, 0.6) is 0 Å². The van der Waals surface area contributed by atoms with E-state index in [2.05, 4.69) is 29.4 Å². The summed E-state index contributed by atoms with van der Waals surface area (Å²) in [7, 11) is 0. The van der Waals surface area contributed by atoms with E-state index < -0.39 is 0 Å². The first-order valence-electron chi connectivity index (χ1n) is 8.25. The van der Waals surface area contributed by atoms with Gasteiger partial charge in [-0.2, -0.15) is 0 Å². The molecule has 0 amide bonds. The summed E-state index contributed by atoms with van der Waals surface area (Å²) < 4.78 is 0. The van der Waals surface area contributed by atoms with Crippen LogP contribution in [-0.4, -0.2) is 24.1 Å². The molecule has 2 atom stereocenters. The van der Waals surface area contributed by atoms with E-state index in [-0.39, 0.29) is 0 Å². The summed E-state index contributed by atoms with van der Waals surface area (Å²) in [4.78, 5) is 7.53. The number of hydrogen-bond acceptors (Lipinski definition) is 4. The van der Waals surface area contributed by atoms with Crippen LogP contribution < -0.4 is 10.2 Å². The Kier molecular flexibility index (Phi) is 4.61. The first-order valence-corrected chi connectivity index (χ1v) is 9.13. The average molecular weight is 293 g/mol. The Morgan fingerprint density at radius 3 is 2.90 bits per heavy atom. The molecule has 4 heteroatoms. The van der Waals surface area contributed by atoms with Gasteiger partial charge in [-0.3, -0.25) is 0 Å². The summed E-state index contributed by atoms with van der Waals surface area (Å²) >= 11 is 1.84. The second-order valence-corrected chi connectivity index (χ2v) is 7.12. The van der Waals surface area contributed by atoms with Gasteiger partial charge in [-0.15, -0.1) is 11.3 Å². The van der Waals surface area contributed by atoms with Gasteiger partial charge >= 0.3 is 0 Å². The van der Waals surface area contributed by atoms with Crippen LogP contribution in [-0.2, 0) is 0 Å². The highest BCUT2D eigenvalue weighted by molar-refractivity contribution is 7.13. The van der Waals surface area contributed by atoms with Crippen molar-refractivity contribution < 1.29 is 0 Å². The van der Waals surface area contributed by atoms with Gasteiger partial charge in [-0.1, -0.05) is 19.8 Å². The molecule has 112 valence electrons. The van der Waals surface area contributed by atoms with E-state index in [4.69, 9.17) is 4.98 Å². The van der Waals surface area contributed by atoms with E-state index in [0.29, 0.717) is 6.04 Å². The van der Waals surface area contributed by atoms with Crippen LogP contribution in [0.15, 0.2) is 5.38 Å². The van der Waals surface area contributed by atoms with Crippen LogP contribution in [0, 0.1) is 5.92 Å². The summed E-state index contributed by atoms with van der Waals surface area (Å²) in [6.07, 6.45) is 8.48. The molecule has 1 aromatic rings. The van der Waals surface area contributed by atoms with Crippen LogP contribution in [0.25, 0.3) is 0 Å². The standard InChI is InChI=1S/C16H27N3S/c1-3-17-12(2)14-11-20-16(18-14)19-10-6-9-15(19)13-7-4-5-8-13/h11-13,15,17H,3-10H2,1-2H3. The molecule has 1 aromatic heterocycles. The Bertz CT molecular complexity index is 425. The van der Waals surface area contributed by atoms with Gasteiger partial charge in [-0.05, 0) is 45.1 Å². The molecule has 3 rings (SSSR count). The molecular weight excluding hydrogens is 266 g/mol. The lowest BCUT2D eigenvalue weighted by Gasteiger charge is -2.29. The van der Waals surface area contributed by atoms with Crippen molar-refractivity contribution in [2.75, 3.05) is 18.0 Å². The maximum atomic E-state index is 4.91. The highest BCUT2D eigenvalue weighted by atomic mass is 32.1. The summed E-state index contributed by atoms with van der Waals surface area (Å²) in [5.74, 6) is 0.927. The van der Waals surface area contributed by atoms with Gasteiger partial charge < -0.3 is 10.2 Å². The van der Waals surface area contributed by atoms with Crippen molar-refractivity contribution in [3.05, 3.63) is 11.1 Å². The molecule has 0 aromatic carbocycles. The molecule has 2 heterocycles. The van der Waals surface area contributed by atoms with Crippen molar-refractivity contribution in [3.63, 3.8) is 0 Å². The van der Waals surface area contributed by atoms with Gasteiger partial charge in [0, 0.05) is 24.0 Å². The molecule has 3 nitrogen and oxygen atoms in total. The smallest absolute Gasteiger partial charge is 0.185 e. The zero-order chi connectivity index (χ0) is 13.9. The monoisotopic (exact) mass is 293 g/mol. The fraction of sp³-hybridized carbons (Fsp3) is 0.812. The van der Waals surface area contributed by atoms with Crippen LogP contribution in [0.1, 0.15) is 64.1 Å². The highest BCUT2D eigenvalue weighted by Crippen LogP contribution is 2.39. The fourth-order valence-electron chi connectivity index (χ4n) is 3.88. The Hall–Kier alpha value is -0.610. The van der Waals surface area contributed by atoms with Crippen LogP contribution in [0.4, 0.5) is 5.13 Å². The fourth-order valence-corrected chi connectivity index (χ4v) is 4.88. The largest absolute Gasteiger partial charge is 0.345 e. The van der Waals surface area contributed by atoms with Crippen molar-refractivity contribution in [2.24, 2.45) is 5.92 Å². The first kappa shape index (κ1) is 14.3. The van der Waals surface area contributed by atoms with Gasteiger partial charge in [0.05, 0.1) is 5.69 Å². The van der Waals surface area contributed by atoms with E-state index in [9.17, 15) is 0 Å². The zero-order valence-electron chi connectivity index (χ0n) is 12.8. The molecule has 0 bridgehead atoms. The summed E-state index contributed by atoms with van der Waals surface area (Å²) in [5, 5.41) is 6.96. The van der Waals surface area contributed by atoms with Crippen LogP contribution in [0.3, 0.4) is 0 Å². The van der Waals surface area contributed by atoms with E-state index in [0.717, 1.165) is 18.5 Å². The molecule has 1 aliphatic heterocycles. The maximum absolute atomic E-state index is 4.91. The molecule has 1 saturated heterocycles. The number of thiazole rings is 1. The van der Waals surface area contributed by atoms with E-state index in [1.807, 2.05) is 11.3 Å². The van der Waals surface area contributed by atoms with Crippen molar-refractivity contribution in [3.8, 4) is 0 Å². The predicted molar refractivity (Wildman–Crippen MR) is 86.5 cm³/mol. The van der Waals surface area contributed by atoms with Crippen molar-refractivity contribution in [1.29, 1.82) is 0 Å². The number of aromatic nitrogens is 1. The van der Waals surface area contributed by atoms with Crippen molar-refractivity contribution in [2.45, 2.75) is 64.5 Å². The van der Waals surface area contributed by atoms with Gasteiger partial charge in [0.15, 0.2) is 5.13 Å². The lowest BCUT2D eigenvalue weighted by molar-refractivity contribution is 0.430. The second kappa shape index (κ2) is 6.44. The number of nitrogens with one attached hydrogen (secondary N) is 1. The second-order valence-electron chi connectivity index (χ2n) is 6.28. The minimum absolute atomic E-state index is 0.373. The molecule has 1 aliphatic carbocycles. The predicted octanol–water partition coefficient (Wildman–Crippen LogP) is 3.97. The SMILES string of the molecule is CCNC(C)c1csc(N2CCCC2C2CCCC2)n1. The topological polar surface area (TPSA) is 28.2 Å². The highest BCUT2D eigenvalue weighted by Gasteiger charge is 2.34. The zero-order valence-corrected chi connectivity index (χ0v) is 13.6. The van der Waals surface area contributed by atoms with Crippen molar-refractivity contribution >= 4 is 16.5 Å². The van der Waals surface area contributed by atoms with Crippen LogP contribution >= 0.6 is 11.3 Å². The van der Waals surface area contributed by atoms with Gasteiger partial charge in [0.25, 0.3) is 0 Å². The van der Waals surface area contributed by atoms with Gasteiger partial charge in [0.1, 0.15) is 0 Å². The number of anilines is 1. The van der Waals surface area contributed by atoms with E-state index >= 15 is 0 Å². The normalized spacial score (nSPS) is 25.5. The minimum Gasteiger partial charge on any atom is -0.345 e. The quantitative estimate of drug-likeness (QED) is 0.890. The number of rotatable bonds is 5. The summed E-state index contributed by atoms with van der Waals surface area (Å²) in [6.45, 7) is 6.58. The lowest BCUT2D eigenvalue weighted by Crippen LogP contribution is -2.34. The average Bonchev–Trinajstić information content (AvgIpc) is 3.19. The Morgan fingerprint density at radius 1 is 1.35 bits per heavy atom. The lowest BCUT2D eigenvalue weighted by atomic mass is 9.96. The van der Waals surface area contributed by atoms with E-state index in [1.165, 1.54) is 55.9 Å². The Balaban J connectivity index is 1.71. The molecule has 2 unspecified atom stereocenters. The molecule has 0 spiro atoms. The van der Waals surface area contributed by atoms with Gasteiger partial charge in [-0.25, -0.2) is 4.98 Å². The molecule has 2 aliphatic rings. The molecule has 2 fully saturated rings. The minimum atomic E-state index is 0.373. The maximum Gasteiger partial charge on any atom is 0.185 e. The third kappa shape index (κ3) is 2.86. The Labute approximate surface area is 126 Å². The first-order chi connectivity index (χ1) is 9.79. The number of hydrogen-bond donors (Lipinski definition) is 1. The third-order valence-corrected chi connectivity index (χ3v) is 5.85. The number of nitrogens with zero attached hydrogens (tertiary/aromatic N) is 2. The molecule has 1 N–H and O–H groups in total. The van der Waals surface area contributed by atoms with Crippen LogP contribution in [0.2, 0.25) is 0 Å². The van der Waals surface area contributed by atoms with Gasteiger partial charge in [0.2, 0.25) is 0 Å².